The lowest BCUT2D eigenvalue weighted by atomic mass is 10.1. The van der Waals surface area contributed by atoms with Crippen molar-refractivity contribution in [3.8, 4) is 34.5 Å². The molecule has 0 fully saturated rings. The molecule has 0 aliphatic heterocycles. The van der Waals surface area contributed by atoms with Gasteiger partial charge in [-0.3, -0.25) is 4.18 Å². The molecule has 0 radical (unpaired) electrons. The number of alkyl halides is 12. The number of benzene rings is 6. The Morgan fingerprint density at radius 3 is 0.916 bits per heavy atom. The smallest absolute Gasteiger partial charge is 0.496 e. The Kier molecular flexibility index (Phi) is 52.7. The number of rotatable bonds is 35. The molecule has 598 valence electrons. The summed E-state index contributed by atoms with van der Waals surface area (Å²) in [6, 6.07) is 32.5. The lowest BCUT2D eigenvalue weighted by Gasteiger charge is -2.18. The van der Waals surface area contributed by atoms with Crippen molar-refractivity contribution in [2.75, 3.05) is 98.0 Å². The van der Waals surface area contributed by atoms with Gasteiger partial charge in [-0.15, -0.1) is 35.3 Å². The summed E-state index contributed by atoms with van der Waals surface area (Å²) in [6.45, 7) is 14.6. The summed E-state index contributed by atoms with van der Waals surface area (Å²) >= 11 is 5.10. The van der Waals surface area contributed by atoms with E-state index in [9.17, 15) is 66.2 Å². The first-order valence-electron chi connectivity index (χ1n) is 32.0. The van der Waals surface area contributed by atoms with Gasteiger partial charge in [0.15, 0.2) is 0 Å². The summed E-state index contributed by atoms with van der Waals surface area (Å²) in [4.78, 5) is 52.1. The van der Waals surface area contributed by atoms with E-state index < -0.39 is 57.5 Å². The normalized spacial score (nSPS) is 11.8. The van der Waals surface area contributed by atoms with Crippen molar-refractivity contribution in [1.29, 1.82) is 0 Å². The van der Waals surface area contributed by atoms with Crippen LogP contribution in [0.15, 0.2) is 142 Å². The van der Waals surface area contributed by atoms with Crippen LogP contribution < -0.4 is 28.4 Å². The second-order valence-electron chi connectivity index (χ2n) is 21.8. The molecule has 34 heteroatoms. The molecule has 6 aromatic carbocycles. The number of aryl methyl sites for hydroxylation is 3. The number of hydrogen-bond donors (Lipinski definition) is 1. The zero-order valence-electron chi connectivity index (χ0n) is 59.4. The van der Waals surface area contributed by atoms with E-state index in [-0.39, 0.29) is 50.2 Å². The highest BCUT2D eigenvalue weighted by atomic mass is 32.2. The Morgan fingerprint density at radius 1 is 0.421 bits per heavy atom. The molecule has 18 nitrogen and oxygen atoms in total. The standard InChI is InChI=1S/C23H29F3O3S.C22H27F3O3S.C21H25F3O3S.C3H5F3O3S.3CO2.CH4/c1-4-12-28-22-10-9-21(14-17(22)2)30-16-18(11-13-27-3)15-29-20-7-5-19(6-8-20)23(24,25)26;1-3-12-27-21-9-8-20(13-16(21)2)29-15-17(10-11-26)14-28-19-6-4-18(5-7-19)22(23,24)25;1-15-12-19(8-9-20(15)26-3)28-14-16(10-11-25-2)13-27-18-6-4-17(5-7-18)21(22,23)24;1-2-9-10(7,8)3(4,5)6;3*2-1-3;/h5-10,14,18H,4,11-13,15-16H2,1-3H3;4-9,13,17,26H,3,10-12,14-15H2,1-2H3;4-9,12,16H,10-11,13-14H2,1-3H3;2H2,1H3;;;;1H4. The van der Waals surface area contributed by atoms with Gasteiger partial charge in [0.2, 0.25) is 0 Å². The van der Waals surface area contributed by atoms with Crippen LogP contribution in [0.4, 0.5) is 52.7 Å². The van der Waals surface area contributed by atoms with Crippen molar-refractivity contribution in [3.05, 3.63) is 161 Å². The molecule has 0 saturated heterocycles. The lowest BCUT2D eigenvalue weighted by Crippen LogP contribution is -2.25. The van der Waals surface area contributed by atoms with Crippen LogP contribution in [0.3, 0.4) is 0 Å². The van der Waals surface area contributed by atoms with Crippen molar-refractivity contribution in [2.24, 2.45) is 17.8 Å². The quantitative estimate of drug-likeness (QED) is 0.0168. The van der Waals surface area contributed by atoms with Crippen molar-refractivity contribution in [1.82, 2.24) is 0 Å². The van der Waals surface area contributed by atoms with Crippen LogP contribution in [0, 0.1) is 38.5 Å². The van der Waals surface area contributed by atoms with Gasteiger partial charge in [-0.25, -0.2) is 0 Å². The van der Waals surface area contributed by atoms with Gasteiger partial charge in [-0.2, -0.15) is 89.9 Å². The monoisotopic (exact) mass is 1610 g/mol. The van der Waals surface area contributed by atoms with Crippen LogP contribution in [0.5, 0.6) is 34.5 Å². The number of methoxy groups -OCH3 is 3. The highest BCUT2D eigenvalue weighted by molar-refractivity contribution is 7.99. The number of aliphatic hydroxyl groups is 1. The van der Waals surface area contributed by atoms with Crippen LogP contribution >= 0.6 is 35.3 Å². The number of ether oxygens (including phenoxy) is 8. The Bertz CT molecular complexity index is 3560. The maximum Gasteiger partial charge on any atom is 0.523 e. The SMILES string of the molecule is C.CCCOc1ccc(SCC(CCO)COc2ccc(C(F)(F)F)cc2)cc1C.CCCOc1ccc(SCC(CCOC)COc2ccc(C(F)(F)F)cc2)cc1C.CCOS(=O)(=O)C(F)(F)F.COCCC(COc1ccc(C(F)(F)F)cc1)CSc1ccc(OC)c(C)c1.O=C=O.O=C=O.O=C=O. The third kappa shape index (κ3) is 44.4. The molecular weight excluding hydrogens is 1520 g/mol. The van der Waals surface area contributed by atoms with E-state index in [4.69, 9.17) is 66.7 Å². The average Bonchev–Trinajstić information content (AvgIpc) is 0.837. The zero-order chi connectivity index (χ0) is 80.4. The van der Waals surface area contributed by atoms with Gasteiger partial charge in [0.25, 0.3) is 0 Å². The predicted molar refractivity (Wildman–Crippen MR) is 378 cm³/mol. The summed E-state index contributed by atoms with van der Waals surface area (Å²) in [7, 11) is -0.402. The van der Waals surface area contributed by atoms with Gasteiger partial charge in [0, 0.05) is 83.7 Å². The maximum atomic E-state index is 12.7. The van der Waals surface area contributed by atoms with E-state index in [1.165, 1.54) is 36.4 Å². The van der Waals surface area contributed by atoms with Crippen LogP contribution in [0.1, 0.15) is 93.7 Å². The molecule has 6 aromatic rings. The van der Waals surface area contributed by atoms with E-state index in [0.29, 0.717) is 69.9 Å². The predicted octanol–water partition coefficient (Wildman–Crippen LogP) is 18.2. The Hall–Kier alpha value is -7.74. The van der Waals surface area contributed by atoms with Gasteiger partial charge in [0.1, 0.15) is 34.5 Å². The van der Waals surface area contributed by atoms with E-state index >= 15 is 0 Å². The van der Waals surface area contributed by atoms with Gasteiger partial charge in [-0.1, -0.05) is 21.3 Å². The molecule has 0 aromatic heterocycles. The molecule has 0 amide bonds. The first kappa shape index (κ1) is 101. The Balaban J connectivity index is 0. The molecule has 0 saturated carbocycles. The zero-order valence-corrected chi connectivity index (χ0v) is 62.7. The minimum Gasteiger partial charge on any atom is -0.496 e. The molecule has 0 aliphatic rings. The average molecular weight is 1610 g/mol. The van der Waals surface area contributed by atoms with E-state index in [0.717, 1.165) is 135 Å². The highest BCUT2D eigenvalue weighted by Gasteiger charge is 2.47. The van der Waals surface area contributed by atoms with Crippen LogP contribution in [0.2, 0.25) is 0 Å². The number of aliphatic hydroxyl groups excluding tert-OH is 1. The minimum atomic E-state index is -5.35. The van der Waals surface area contributed by atoms with Gasteiger partial charge in [0.05, 0.1) is 63.4 Å². The lowest BCUT2D eigenvalue weighted by molar-refractivity contribution is -0.193. The maximum absolute atomic E-state index is 12.7. The van der Waals surface area contributed by atoms with Crippen LogP contribution in [-0.4, -0.2) is 136 Å². The summed E-state index contributed by atoms with van der Waals surface area (Å²) in [5.41, 5.74) is -4.12. The highest BCUT2D eigenvalue weighted by Crippen LogP contribution is 2.36. The summed E-state index contributed by atoms with van der Waals surface area (Å²) in [6.07, 6.45) is -8.19. The second kappa shape index (κ2) is 55.6. The molecule has 3 atom stereocenters. The molecule has 1 N–H and O–H groups in total. The number of hydrogen-bond acceptors (Lipinski definition) is 21. The summed E-state index contributed by atoms with van der Waals surface area (Å²) in [5, 5.41) is 9.31. The number of thioether (sulfide) groups is 3. The second-order valence-corrected chi connectivity index (χ2v) is 26.7. The third-order valence-corrected chi connectivity index (χ3v) is 18.4. The van der Waals surface area contributed by atoms with E-state index in [1.807, 2.05) is 57.2 Å². The van der Waals surface area contributed by atoms with Crippen molar-refractivity contribution < 1.29 is 137 Å². The molecular formula is C73H90F12O18S4. The van der Waals surface area contributed by atoms with E-state index in [1.54, 1.807) is 56.6 Å². The molecule has 0 spiro atoms. The summed E-state index contributed by atoms with van der Waals surface area (Å²) in [5.74, 6) is 6.74. The first-order chi connectivity index (χ1) is 50.0. The molecule has 3 unspecified atom stereocenters. The molecule has 0 bridgehead atoms. The molecule has 6 rings (SSSR count). The Morgan fingerprint density at radius 2 is 0.701 bits per heavy atom. The first-order valence-corrected chi connectivity index (χ1v) is 36.3. The fraction of sp³-hybridized carbons (Fsp3) is 0.466. The fourth-order valence-corrected chi connectivity index (χ4v) is 12.0. The van der Waals surface area contributed by atoms with Crippen molar-refractivity contribution in [2.45, 2.75) is 120 Å². The summed E-state index contributed by atoms with van der Waals surface area (Å²) < 4.78 is 215. The fourth-order valence-electron chi connectivity index (χ4n) is 8.23. The number of carbonyl (C=O) groups excluding carboxylic acids is 6. The molecule has 107 heavy (non-hydrogen) atoms. The minimum absolute atomic E-state index is 0. The molecule has 0 aliphatic carbocycles. The number of halogens is 12. The largest absolute Gasteiger partial charge is 0.523 e. The van der Waals surface area contributed by atoms with Gasteiger partial charge >= 0.3 is 52.6 Å². The van der Waals surface area contributed by atoms with Crippen molar-refractivity contribution >= 4 is 63.9 Å². The van der Waals surface area contributed by atoms with Crippen molar-refractivity contribution in [3.63, 3.8) is 0 Å². The van der Waals surface area contributed by atoms with Gasteiger partial charge in [-0.05, 0) is 204 Å². The van der Waals surface area contributed by atoms with Gasteiger partial charge < -0.3 is 43.0 Å². The van der Waals surface area contributed by atoms with Crippen LogP contribution in [0.25, 0.3) is 0 Å². The molecule has 0 heterocycles. The Labute approximate surface area is 628 Å². The van der Waals surface area contributed by atoms with Crippen LogP contribution in [-0.2, 0) is 71.1 Å². The topological polar surface area (TPSA) is 240 Å². The third-order valence-electron chi connectivity index (χ3n) is 13.6. The van der Waals surface area contributed by atoms with E-state index in [2.05, 4.69) is 36.2 Å².